The second kappa shape index (κ2) is 10.5. The molecule has 1 aromatic heterocycles. The molecular formula is C27H28N6O2. The van der Waals surface area contributed by atoms with Crippen LogP contribution < -0.4 is 4.74 Å². The Morgan fingerprint density at radius 1 is 0.857 bits per heavy atom. The van der Waals surface area contributed by atoms with Crippen molar-refractivity contribution in [2.24, 2.45) is 0 Å². The first-order chi connectivity index (χ1) is 17.2. The first kappa shape index (κ1) is 22.7. The van der Waals surface area contributed by atoms with Crippen LogP contribution in [0.3, 0.4) is 0 Å². The van der Waals surface area contributed by atoms with Gasteiger partial charge in [0.25, 0.3) is 5.91 Å². The van der Waals surface area contributed by atoms with E-state index in [1.54, 1.807) is 4.68 Å². The van der Waals surface area contributed by atoms with E-state index in [4.69, 9.17) is 4.74 Å². The van der Waals surface area contributed by atoms with E-state index in [0.29, 0.717) is 26.2 Å². The molecule has 35 heavy (non-hydrogen) atoms. The predicted molar refractivity (Wildman–Crippen MR) is 133 cm³/mol. The number of amides is 1. The van der Waals surface area contributed by atoms with Crippen LogP contribution in [-0.4, -0.2) is 68.7 Å². The van der Waals surface area contributed by atoms with Gasteiger partial charge in [-0.2, -0.15) is 4.68 Å². The molecular weight excluding hydrogens is 440 g/mol. The van der Waals surface area contributed by atoms with E-state index in [1.807, 2.05) is 78.6 Å². The summed E-state index contributed by atoms with van der Waals surface area (Å²) in [6, 6.07) is 25.8. The lowest BCUT2D eigenvalue weighted by Crippen LogP contribution is -2.48. The Labute approximate surface area is 204 Å². The van der Waals surface area contributed by atoms with Gasteiger partial charge in [-0.05, 0) is 64.9 Å². The molecule has 0 unspecified atom stereocenters. The molecule has 8 heteroatoms. The van der Waals surface area contributed by atoms with Gasteiger partial charge in [-0.15, -0.1) is 5.10 Å². The Morgan fingerprint density at radius 3 is 2.23 bits per heavy atom. The lowest BCUT2D eigenvalue weighted by molar-refractivity contribution is 0.0624. The third-order valence-corrected chi connectivity index (χ3v) is 6.19. The molecule has 1 amide bonds. The maximum Gasteiger partial charge on any atom is 0.253 e. The van der Waals surface area contributed by atoms with Crippen LogP contribution in [0.5, 0.6) is 5.75 Å². The number of tetrazole rings is 1. The van der Waals surface area contributed by atoms with E-state index in [0.717, 1.165) is 47.0 Å². The Balaban J connectivity index is 1.18. The van der Waals surface area contributed by atoms with Crippen LogP contribution >= 0.6 is 0 Å². The highest BCUT2D eigenvalue weighted by molar-refractivity contribution is 5.94. The number of rotatable bonds is 7. The second-order valence-electron chi connectivity index (χ2n) is 8.45. The van der Waals surface area contributed by atoms with Crippen LogP contribution in [-0.2, 0) is 6.54 Å². The maximum absolute atomic E-state index is 13.0. The zero-order valence-corrected chi connectivity index (χ0v) is 19.7. The molecule has 0 spiro atoms. The highest BCUT2D eigenvalue weighted by Crippen LogP contribution is 2.21. The smallest absolute Gasteiger partial charge is 0.253 e. The van der Waals surface area contributed by atoms with E-state index >= 15 is 0 Å². The van der Waals surface area contributed by atoms with Crippen molar-refractivity contribution < 1.29 is 9.53 Å². The van der Waals surface area contributed by atoms with Crippen molar-refractivity contribution in [1.82, 2.24) is 30.0 Å². The summed E-state index contributed by atoms with van der Waals surface area (Å²) in [6.45, 7) is 6.08. The molecule has 1 aliphatic heterocycles. The van der Waals surface area contributed by atoms with Crippen molar-refractivity contribution >= 4 is 5.91 Å². The molecule has 8 nitrogen and oxygen atoms in total. The Morgan fingerprint density at radius 2 is 1.54 bits per heavy atom. The molecule has 2 heterocycles. The molecule has 0 N–H and O–H groups in total. The number of hydrogen-bond donors (Lipinski definition) is 0. The second-order valence-corrected chi connectivity index (χ2v) is 8.45. The number of ether oxygens (including phenoxy) is 1. The molecule has 178 valence electrons. The average molecular weight is 469 g/mol. The van der Waals surface area contributed by atoms with Crippen molar-refractivity contribution in [2.45, 2.75) is 13.5 Å². The van der Waals surface area contributed by atoms with Crippen LogP contribution in [0.1, 0.15) is 23.1 Å². The van der Waals surface area contributed by atoms with E-state index in [1.165, 1.54) is 0 Å². The molecule has 1 saturated heterocycles. The van der Waals surface area contributed by atoms with Gasteiger partial charge in [0.2, 0.25) is 0 Å². The fraction of sp³-hybridized carbons (Fsp3) is 0.259. The van der Waals surface area contributed by atoms with Gasteiger partial charge in [0.1, 0.15) is 5.75 Å². The first-order valence-corrected chi connectivity index (χ1v) is 11.9. The molecule has 1 fully saturated rings. The van der Waals surface area contributed by atoms with E-state index in [2.05, 4.69) is 32.6 Å². The minimum atomic E-state index is 0.0727. The zero-order chi connectivity index (χ0) is 24.0. The summed E-state index contributed by atoms with van der Waals surface area (Å²) in [7, 11) is 0. The number of piperazine rings is 1. The van der Waals surface area contributed by atoms with Gasteiger partial charge in [0, 0.05) is 31.7 Å². The van der Waals surface area contributed by atoms with E-state index in [9.17, 15) is 4.79 Å². The van der Waals surface area contributed by atoms with Crippen molar-refractivity contribution in [1.29, 1.82) is 0 Å². The van der Waals surface area contributed by atoms with Gasteiger partial charge in [0.15, 0.2) is 5.82 Å². The van der Waals surface area contributed by atoms with Crippen LogP contribution in [0.2, 0.25) is 0 Å². The lowest BCUT2D eigenvalue weighted by atomic mass is 10.0. The molecule has 0 saturated carbocycles. The highest BCUT2D eigenvalue weighted by Gasteiger charge is 2.23. The fourth-order valence-corrected chi connectivity index (χ4v) is 4.28. The van der Waals surface area contributed by atoms with Crippen molar-refractivity contribution in [3.8, 4) is 22.6 Å². The summed E-state index contributed by atoms with van der Waals surface area (Å²) >= 11 is 0. The minimum absolute atomic E-state index is 0.0727. The number of carbonyl (C=O) groups is 1. The topological polar surface area (TPSA) is 76.4 Å². The molecule has 1 aliphatic rings. The number of nitrogens with zero attached hydrogens (tertiary/aromatic N) is 6. The third kappa shape index (κ3) is 5.22. The molecule has 5 rings (SSSR count). The van der Waals surface area contributed by atoms with Crippen LogP contribution in [0, 0.1) is 0 Å². The quantitative estimate of drug-likeness (QED) is 0.412. The molecule has 0 radical (unpaired) electrons. The SMILES string of the molecule is CCOc1ccc(-n2nnnc2CN2CCN(C(=O)c3ccc(-c4ccccc4)cc3)CC2)cc1. The van der Waals surface area contributed by atoms with E-state index in [-0.39, 0.29) is 5.91 Å². The lowest BCUT2D eigenvalue weighted by Gasteiger charge is -2.34. The van der Waals surface area contributed by atoms with Gasteiger partial charge in [-0.3, -0.25) is 9.69 Å². The Kier molecular flexibility index (Phi) is 6.81. The maximum atomic E-state index is 13.0. The number of hydrogen-bond acceptors (Lipinski definition) is 6. The third-order valence-electron chi connectivity index (χ3n) is 6.19. The monoisotopic (exact) mass is 468 g/mol. The van der Waals surface area contributed by atoms with Gasteiger partial charge < -0.3 is 9.64 Å². The van der Waals surface area contributed by atoms with Crippen LogP contribution in [0.15, 0.2) is 78.9 Å². The largest absolute Gasteiger partial charge is 0.494 e. The number of aromatic nitrogens is 4. The molecule has 3 aromatic carbocycles. The Bertz CT molecular complexity index is 1250. The van der Waals surface area contributed by atoms with Crippen LogP contribution in [0.4, 0.5) is 0 Å². The summed E-state index contributed by atoms with van der Waals surface area (Å²) in [6.07, 6.45) is 0. The van der Waals surface area contributed by atoms with Gasteiger partial charge in [-0.1, -0.05) is 42.5 Å². The average Bonchev–Trinajstić information content (AvgIpc) is 3.38. The zero-order valence-electron chi connectivity index (χ0n) is 19.7. The van der Waals surface area contributed by atoms with Crippen LogP contribution in [0.25, 0.3) is 16.8 Å². The van der Waals surface area contributed by atoms with Gasteiger partial charge in [0.05, 0.1) is 18.8 Å². The summed E-state index contributed by atoms with van der Waals surface area (Å²) in [5.41, 5.74) is 3.86. The van der Waals surface area contributed by atoms with Crippen molar-refractivity contribution in [2.75, 3.05) is 32.8 Å². The van der Waals surface area contributed by atoms with Crippen molar-refractivity contribution in [3.05, 3.63) is 90.3 Å². The van der Waals surface area contributed by atoms with Gasteiger partial charge >= 0.3 is 0 Å². The molecule has 4 aromatic rings. The standard InChI is InChI=1S/C27H28N6O2/c1-2-35-25-14-12-24(13-15-25)33-26(28-29-30-33)20-31-16-18-32(19-17-31)27(34)23-10-8-22(9-11-23)21-6-4-3-5-7-21/h3-15H,2,16-20H2,1H3. The Hall–Kier alpha value is -4.04. The summed E-state index contributed by atoms with van der Waals surface area (Å²) in [5, 5.41) is 12.3. The molecule has 0 aliphatic carbocycles. The number of carbonyl (C=O) groups excluding carboxylic acids is 1. The predicted octanol–water partition coefficient (Wildman–Crippen LogP) is 3.69. The summed E-state index contributed by atoms with van der Waals surface area (Å²) < 4.78 is 7.27. The summed E-state index contributed by atoms with van der Waals surface area (Å²) in [4.78, 5) is 17.2. The normalized spacial score (nSPS) is 14.1. The molecule has 0 atom stereocenters. The molecule has 0 bridgehead atoms. The van der Waals surface area contributed by atoms with Gasteiger partial charge in [-0.25, -0.2) is 0 Å². The highest BCUT2D eigenvalue weighted by atomic mass is 16.5. The minimum Gasteiger partial charge on any atom is -0.494 e. The summed E-state index contributed by atoms with van der Waals surface area (Å²) in [5.74, 6) is 1.66. The number of benzene rings is 3. The van der Waals surface area contributed by atoms with E-state index < -0.39 is 0 Å². The fourth-order valence-electron chi connectivity index (χ4n) is 4.28. The van der Waals surface area contributed by atoms with Crippen molar-refractivity contribution in [3.63, 3.8) is 0 Å². The first-order valence-electron chi connectivity index (χ1n) is 11.9.